The topological polar surface area (TPSA) is 52.3 Å². The van der Waals surface area contributed by atoms with Crippen molar-refractivity contribution in [3.05, 3.63) is 0 Å². The number of carbonyl (C=O) groups is 1. The lowest BCUT2D eigenvalue weighted by molar-refractivity contribution is -0.109. The molecule has 0 radical (unpaired) electrons. The van der Waals surface area contributed by atoms with Crippen LogP contribution in [0.4, 0.5) is 0 Å². The largest absolute Gasteiger partial charge is 0.380 e. The van der Waals surface area contributed by atoms with E-state index in [0.29, 0.717) is 18.9 Å². The Balaban J connectivity index is 2.32. The zero-order chi connectivity index (χ0) is 7.40. The van der Waals surface area contributed by atoms with Crippen LogP contribution >= 0.6 is 0 Å². The average Bonchev–Trinajstić information content (AvgIpc) is 1.94. The van der Waals surface area contributed by atoms with Gasteiger partial charge in [0, 0.05) is 19.1 Å². The second-order valence-corrected chi connectivity index (χ2v) is 2.69. The van der Waals surface area contributed by atoms with Gasteiger partial charge in [0.1, 0.15) is 6.29 Å². The first-order valence-electron chi connectivity index (χ1n) is 3.61. The van der Waals surface area contributed by atoms with E-state index in [1.807, 2.05) is 0 Å². The fourth-order valence-corrected chi connectivity index (χ4v) is 1.22. The number of rotatable bonds is 2. The van der Waals surface area contributed by atoms with Crippen LogP contribution < -0.4 is 5.73 Å². The molecule has 2 atom stereocenters. The van der Waals surface area contributed by atoms with Crippen molar-refractivity contribution in [3.63, 3.8) is 0 Å². The van der Waals surface area contributed by atoms with Gasteiger partial charge in [-0.3, -0.25) is 0 Å². The minimum absolute atomic E-state index is 0.0685. The van der Waals surface area contributed by atoms with Gasteiger partial charge in [0.05, 0.1) is 6.61 Å². The lowest BCUT2D eigenvalue weighted by atomic mass is 9.93. The summed E-state index contributed by atoms with van der Waals surface area (Å²) in [6.45, 7) is 1.37. The van der Waals surface area contributed by atoms with Crippen molar-refractivity contribution in [1.82, 2.24) is 0 Å². The highest BCUT2D eigenvalue weighted by Gasteiger charge is 2.21. The molecule has 1 fully saturated rings. The van der Waals surface area contributed by atoms with Gasteiger partial charge in [0.25, 0.3) is 0 Å². The molecular weight excluding hydrogens is 130 g/mol. The molecule has 0 aromatic rings. The molecule has 1 rings (SSSR count). The Morgan fingerprint density at radius 2 is 2.50 bits per heavy atom. The number of aldehydes is 1. The molecule has 3 nitrogen and oxygen atoms in total. The molecule has 3 heteroatoms. The minimum atomic E-state index is 0.0685. The van der Waals surface area contributed by atoms with E-state index in [1.54, 1.807) is 0 Å². The monoisotopic (exact) mass is 143 g/mol. The fraction of sp³-hybridized carbons (Fsp3) is 0.857. The highest BCUT2D eigenvalue weighted by atomic mass is 16.5. The minimum Gasteiger partial charge on any atom is -0.380 e. The summed E-state index contributed by atoms with van der Waals surface area (Å²) < 4.78 is 5.12. The van der Waals surface area contributed by atoms with E-state index >= 15 is 0 Å². The van der Waals surface area contributed by atoms with Crippen molar-refractivity contribution in [2.24, 2.45) is 11.7 Å². The molecule has 10 heavy (non-hydrogen) atoms. The lowest BCUT2D eigenvalue weighted by Crippen LogP contribution is -2.39. The number of hydrogen-bond donors (Lipinski definition) is 1. The van der Waals surface area contributed by atoms with Crippen molar-refractivity contribution >= 4 is 6.29 Å². The van der Waals surface area contributed by atoms with Crippen molar-refractivity contribution in [2.45, 2.75) is 18.9 Å². The van der Waals surface area contributed by atoms with E-state index in [2.05, 4.69) is 0 Å². The first-order chi connectivity index (χ1) is 4.84. The summed E-state index contributed by atoms with van der Waals surface area (Å²) in [5.74, 6) is 0.353. The van der Waals surface area contributed by atoms with Crippen LogP contribution in [0.1, 0.15) is 12.8 Å². The summed E-state index contributed by atoms with van der Waals surface area (Å²) in [7, 11) is 0. The molecule has 1 aliphatic heterocycles. The van der Waals surface area contributed by atoms with E-state index in [1.165, 1.54) is 0 Å². The van der Waals surface area contributed by atoms with E-state index < -0.39 is 0 Å². The van der Waals surface area contributed by atoms with Crippen LogP contribution in [0.15, 0.2) is 0 Å². The predicted octanol–water partition coefficient (Wildman–Crippen LogP) is -0.0608. The van der Waals surface area contributed by atoms with E-state index in [9.17, 15) is 4.79 Å². The third kappa shape index (κ3) is 1.78. The van der Waals surface area contributed by atoms with Gasteiger partial charge in [-0.05, 0) is 12.3 Å². The van der Waals surface area contributed by atoms with E-state index in [-0.39, 0.29) is 6.04 Å². The first kappa shape index (κ1) is 7.69. The molecule has 1 saturated heterocycles. The summed E-state index contributed by atoms with van der Waals surface area (Å²) in [4.78, 5) is 10.1. The van der Waals surface area contributed by atoms with Crippen LogP contribution in [0.2, 0.25) is 0 Å². The van der Waals surface area contributed by atoms with Crippen LogP contribution in [-0.4, -0.2) is 25.5 Å². The maximum atomic E-state index is 10.1. The van der Waals surface area contributed by atoms with Gasteiger partial charge >= 0.3 is 0 Å². The molecule has 1 heterocycles. The van der Waals surface area contributed by atoms with Crippen molar-refractivity contribution < 1.29 is 9.53 Å². The van der Waals surface area contributed by atoms with Gasteiger partial charge in [0.15, 0.2) is 0 Å². The fourth-order valence-electron chi connectivity index (χ4n) is 1.22. The third-order valence-electron chi connectivity index (χ3n) is 1.95. The number of carbonyl (C=O) groups excluding carboxylic acids is 1. The smallest absolute Gasteiger partial charge is 0.120 e. The SMILES string of the molecule is NC1COCCC1CC=O. The van der Waals surface area contributed by atoms with Crippen LogP contribution in [0.5, 0.6) is 0 Å². The molecule has 0 aromatic carbocycles. The van der Waals surface area contributed by atoms with Crippen LogP contribution in [0.3, 0.4) is 0 Å². The second-order valence-electron chi connectivity index (χ2n) is 2.69. The Hall–Kier alpha value is -0.410. The summed E-state index contributed by atoms with van der Waals surface area (Å²) in [5, 5.41) is 0. The Labute approximate surface area is 60.5 Å². The van der Waals surface area contributed by atoms with E-state index in [0.717, 1.165) is 19.3 Å². The highest BCUT2D eigenvalue weighted by molar-refractivity contribution is 5.49. The summed E-state index contributed by atoms with van der Waals surface area (Å²) in [6.07, 6.45) is 2.46. The molecule has 0 bridgehead atoms. The maximum Gasteiger partial charge on any atom is 0.120 e. The van der Waals surface area contributed by atoms with E-state index in [4.69, 9.17) is 10.5 Å². The molecule has 2 unspecified atom stereocenters. The Morgan fingerprint density at radius 1 is 1.70 bits per heavy atom. The lowest BCUT2D eigenvalue weighted by Gasteiger charge is -2.26. The zero-order valence-electron chi connectivity index (χ0n) is 5.95. The molecule has 0 saturated carbocycles. The Kier molecular flexibility index (Phi) is 2.83. The van der Waals surface area contributed by atoms with Gasteiger partial charge in [-0.1, -0.05) is 0 Å². The maximum absolute atomic E-state index is 10.1. The standard InChI is InChI=1S/C7H13NO2/c8-7-5-10-4-2-6(7)1-3-9/h3,6-7H,1-2,4-5,8H2. The number of hydrogen-bond acceptors (Lipinski definition) is 3. The molecular formula is C7H13NO2. The quantitative estimate of drug-likeness (QED) is 0.551. The molecule has 2 N–H and O–H groups in total. The molecule has 1 aliphatic rings. The number of nitrogens with two attached hydrogens (primary N) is 1. The van der Waals surface area contributed by atoms with Crippen LogP contribution in [0, 0.1) is 5.92 Å². The van der Waals surface area contributed by atoms with Crippen molar-refractivity contribution in [1.29, 1.82) is 0 Å². The second kappa shape index (κ2) is 3.68. The zero-order valence-corrected chi connectivity index (χ0v) is 5.95. The molecule has 58 valence electrons. The number of ether oxygens (including phenoxy) is 1. The van der Waals surface area contributed by atoms with Crippen LogP contribution in [-0.2, 0) is 9.53 Å². The van der Waals surface area contributed by atoms with Crippen molar-refractivity contribution in [3.8, 4) is 0 Å². The third-order valence-corrected chi connectivity index (χ3v) is 1.95. The van der Waals surface area contributed by atoms with Crippen molar-refractivity contribution in [2.75, 3.05) is 13.2 Å². The van der Waals surface area contributed by atoms with Gasteiger partial charge in [-0.25, -0.2) is 0 Å². The predicted molar refractivity (Wildman–Crippen MR) is 37.6 cm³/mol. The normalized spacial score (nSPS) is 33.7. The molecule has 0 amide bonds. The summed E-state index contributed by atoms with van der Waals surface area (Å²) in [5.41, 5.74) is 5.68. The molecule has 0 aromatic heterocycles. The molecule has 0 aliphatic carbocycles. The van der Waals surface area contributed by atoms with Gasteiger partial charge in [-0.15, -0.1) is 0 Å². The van der Waals surface area contributed by atoms with Gasteiger partial charge < -0.3 is 15.3 Å². The average molecular weight is 143 g/mol. The van der Waals surface area contributed by atoms with Gasteiger partial charge in [-0.2, -0.15) is 0 Å². The Morgan fingerprint density at radius 3 is 3.10 bits per heavy atom. The summed E-state index contributed by atoms with van der Waals surface area (Å²) >= 11 is 0. The molecule has 0 spiro atoms. The summed E-state index contributed by atoms with van der Waals surface area (Å²) in [6, 6.07) is 0.0685. The van der Waals surface area contributed by atoms with Crippen LogP contribution in [0.25, 0.3) is 0 Å². The Bertz CT molecular complexity index is 116. The first-order valence-corrected chi connectivity index (χ1v) is 3.61. The van der Waals surface area contributed by atoms with Gasteiger partial charge in [0.2, 0.25) is 0 Å². The highest BCUT2D eigenvalue weighted by Crippen LogP contribution is 2.15.